The van der Waals surface area contributed by atoms with Crippen molar-refractivity contribution in [3.05, 3.63) is 29.3 Å². The van der Waals surface area contributed by atoms with Crippen LogP contribution in [0.15, 0.2) is 18.2 Å². The Hall–Kier alpha value is -2.17. The molecule has 1 rings (SSSR count). The highest BCUT2D eigenvalue weighted by Crippen LogP contribution is 2.27. The molecule has 1 aromatic rings. The number of carbonyl (C=O) groups excluding carboxylic acids is 3. The van der Waals surface area contributed by atoms with E-state index in [9.17, 15) is 14.4 Å². The number of hydrogen-bond acceptors (Lipinski definition) is 4. The number of aryl methyl sites for hydroxylation is 2. The number of rotatable bonds is 5. The monoisotopic (exact) mass is 291 g/mol. The zero-order valence-corrected chi connectivity index (χ0v) is 13.1. The van der Waals surface area contributed by atoms with E-state index >= 15 is 0 Å². The third kappa shape index (κ3) is 3.90. The maximum Gasteiger partial charge on any atom is 0.328 e. The van der Waals surface area contributed by atoms with Gasteiger partial charge in [-0.2, -0.15) is 0 Å². The quantitative estimate of drug-likeness (QED) is 0.616. The van der Waals surface area contributed by atoms with Gasteiger partial charge in [-0.1, -0.05) is 18.2 Å². The first-order valence-electron chi connectivity index (χ1n) is 6.75. The van der Waals surface area contributed by atoms with E-state index in [0.29, 0.717) is 5.69 Å². The Morgan fingerprint density at radius 2 is 1.71 bits per heavy atom. The van der Waals surface area contributed by atoms with Crippen molar-refractivity contribution < 1.29 is 19.1 Å². The van der Waals surface area contributed by atoms with E-state index < -0.39 is 17.9 Å². The second-order valence-electron chi connectivity index (χ2n) is 5.08. The summed E-state index contributed by atoms with van der Waals surface area (Å²) < 4.78 is 4.73. The van der Waals surface area contributed by atoms with E-state index in [1.54, 1.807) is 6.92 Å². The molecule has 0 saturated heterocycles. The lowest BCUT2D eigenvalue weighted by molar-refractivity contribution is -0.143. The standard InChI is InChI=1S/C16H21NO4/c1-10-7-6-8-11(2)15(10)17(13(4)16(20)21-5)14(19)9-12(3)18/h6-8,13H,9H2,1-5H3. The molecule has 5 heteroatoms. The Balaban J connectivity index is 3.34. The van der Waals surface area contributed by atoms with Crippen LogP contribution >= 0.6 is 0 Å². The third-order valence-corrected chi connectivity index (χ3v) is 3.28. The molecule has 0 radical (unpaired) electrons. The molecule has 0 fully saturated rings. The van der Waals surface area contributed by atoms with E-state index in [1.165, 1.54) is 18.9 Å². The van der Waals surface area contributed by atoms with Crippen LogP contribution in [0.25, 0.3) is 0 Å². The predicted octanol–water partition coefficient (Wildman–Crippen LogP) is 2.18. The van der Waals surface area contributed by atoms with Crippen molar-refractivity contribution in [2.24, 2.45) is 0 Å². The van der Waals surface area contributed by atoms with Gasteiger partial charge in [0.25, 0.3) is 0 Å². The molecule has 5 nitrogen and oxygen atoms in total. The van der Waals surface area contributed by atoms with Crippen molar-refractivity contribution in [1.29, 1.82) is 0 Å². The van der Waals surface area contributed by atoms with Crippen LogP contribution < -0.4 is 4.90 Å². The molecule has 1 unspecified atom stereocenters. The van der Waals surface area contributed by atoms with Crippen LogP contribution in [0.4, 0.5) is 5.69 Å². The number of anilines is 1. The number of para-hydroxylation sites is 1. The minimum absolute atomic E-state index is 0.241. The maximum atomic E-state index is 12.4. The summed E-state index contributed by atoms with van der Waals surface area (Å²) in [5.41, 5.74) is 2.38. The van der Waals surface area contributed by atoms with Gasteiger partial charge in [-0.25, -0.2) is 4.79 Å². The van der Waals surface area contributed by atoms with Crippen molar-refractivity contribution in [2.45, 2.75) is 40.2 Å². The number of hydrogen-bond donors (Lipinski definition) is 0. The highest BCUT2D eigenvalue weighted by atomic mass is 16.5. The molecule has 114 valence electrons. The van der Waals surface area contributed by atoms with Crippen LogP contribution in [0.5, 0.6) is 0 Å². The van der Waals surface area contributed by atoms with E-state index in [1.807, 2.05) is 32.0 Å². The zero-order valence-electron chi connectivity index (χ0n) is 13.1. The molecule has 1 atom stereocenters. The van der Waals surface area contributed by atoms with Crippen molar-refractivity contribution in [1.82, 2.24) is 0 Å². The van der Waals surface area contributed by atoms with Gasteiger partial charge in [-0.05, 0) is 38.8 Å². The average Bonchev–Trinajstić information content (AvgIpc) is 2.40. The first-order valence-corrected chi connectivity index (χ1v) is 6.75. The molecule has 0 N–H and O–H groups in total. The molecule has 0 aliphatic carbocycles. The van der Waals surface area contributed by atoms with Gasteiger partial charge in [-0.15, -0.1) is 0 Å². The van der Waals surface area contributed by atoms with Crippen LogP contribution in [0.1, 0.15) is 31.4 Å². The van der Waals surface area contributed by atoms with Crippen LogP contribution in [-0.2, 0) is 19.1 Å². The number of esters is 1. The number of ether oxygens (including phenoxy) is 1. The largest absolute Gasteiger partial charge is 0.467 e. The van der Waals surface area contributed by atoms with Crippen LogP contribution in [-0.4, -0.2) is 30.8 Å². The van der Waals surface area contributed by atoms with Gasteiger partial charge in [0.2, 0.25) is 5.91 Å². The lowest BCUT2D eigenvalue weighted by atomic mass is 10.0. The Bertz CT molecular complexity index is 545. The van der Waals surface area contributed by atoms with Gasteiger partial charge in [0.15, 0.2) is 0 Å². The normalized spacial score (nSPS) is 11.7. The lowest BCUT2D eigenvalue weighted by Crippen LogP contribution is -2.45. The fraction of sp³-hybridized carbons (Fsp3) is 0.438. The summed E-state index contributed by atoms with van der Waals surface area (Å²) in [6.45, 7) is 6.67. The molecule has 0 aromatic heterocycles. The predicted molar refractivity (Wildman–Crippen MR) is 80.2 cm³/mol. The molecule has 0 heterocycles. The molecule has 0 bridgehead atoms. The highest BCUT2D eigenvalue weighted by Gasteiger charge is 2.30. The van der Waals surface area contributed by atoms with Crippen molar-refractivity contribution in [3.63, 3.8) is 0 Å². The number of amides is 1. The molecule has 0 aliphatic heterocycles. The van der Waals surface area contributed by atoms with Crippen molar-refractivity contribution in [2.75, 3.05) is 12.0 Å². The molecule has 21 heavy (non-hydrogen) atoms. The van der Waals surface area contributed by atoms with Crippen LogP contribution in [0.3, 0.4) is 0 Å². The lowest BCUT2D eigenvalue weighted by Gasteiger charge is -2.30. The van der Waals surface area contributed by atoms with E-state index in [0.717, 1.165) is 11.1 Å². The van der Waals surface area contributed by atoms with Gasteiger partial charge >= 0.3 is 5.97 Å². The van der Waals surface area contributed by atoms with E-state index in [-0.39, 0.29) is 12.2 Å². The van der Waals surface area contributed by atoms with E-state index in [2.05, 4.69) is 0 Å². The first kappa shape index (κ1) is 16.9. The van der Waals surface area contributed by atoms with Crippen LogP contribution in [0, 0.1) is 13.8 Å². The number of Topliss-reactive ketones (excluding diaryl/α,β-unsaturated/α-hetero) is 1. The first-order chi connectivity index (χ1) is 9.79. The molecule has 0 saturated carbocycles. The summed E-state index contributed by atoms with van der Waals surface area (Å²) in [7, 11) is 1.27. The Morgan fingerprint density at radius 3 is 2.14 bits per heavy atom. The topological polar surface area (TPSA) is 63.7 Å². The number of benzene rings is 1. The molecule has 0 aliphatic rings. The van der Waals surface area contributed by atoms with Gasteiger partial charge in [-0.3, -0.25) is 14.5 Å². The Kier molecular flexibility index (Phi) is 5.64. The fourth-order valence-electron chi connectivity index (χ4n) is 2.29. The van der Waals surface area contributed by atoms with Crippen molar-refractivity contribution in [3.8, 4) is 0 Å². The van der Waals surface area contributed by atoms with Crippen molar-refractivity contribution >= 4 is 23.3 Å². The number of carbonyl (C=O) groups is 3. The summed E-state index contributed by atoms with van der Waals surface area (Å²) in [5.74, 6) is -1.17. The van der Waals surface area contributed by atoms with E-state index in [4.69, 9.17) is 4.74 Å². The third-order valence-electron chi connectivity index (χ3n) is 3.28. The van der Waals surface area contributed by atoms with Gasteiger partial charge < -0.3 is 4.74 Å². The summed E-state index contributed by atoms with van der Waals surface area (Å²) >= 11 is 0. The molecule has 1 aromatic carbocycles. The fourth-order valence-corrected chi connectivity index (χ4v) is 2.29. The zero-order chi connectivity index (χ0) is 16.2. The smallest absolute Gasteiger partial charge is 0.328 e. The number of methoxy groups -OCH3 is 1. The Morgan fingerprint density at radius 1 is 1.19 bits per heavy atom. The van der Waals surface area contributed by atoms with Gasteiger partial charge in [0.05, 0.1) is 19.2 Å². The molecule has 1 amide bonds. The molecular weight excluding hydrogens is 270 g/mol. The average molecular weight is 291 g/mol. The second-order valence-corrected chi connectivity index (χ2v) is 5.08. The number of nitrogens with zero attached hydrogens (tertiary/aromatic N) is 1. The summed E-state index contributed by atoms with van der Waals surface area (Å²) in [6.07, 6.45) is -0.241. The molecule has 0 spiro atoms. The summed E-state index contributed by atoms with van der Waals surface area (Å²) in [4.78, 5) is 36.9. The second kappa shape index (κ2) is 7.02. The minimum atomic E-state index is -0.790. The van der Waals surface area contributed by atoms with Gasteiger partial charge in [0.1, 0.15) is 11.8 Å². The maximum absolute atomic E-state index is 12.4. The van der Waals surface area contributed by atoms with Gasteiger partial charge in [0, 0.05) is 0 Å². The Labute approximate surface area is 124 Å². The summed E-state index contributed by atoms with van der Waals surface area (Å²) in [6, 6.07) is 4.81. The van der Waals surface area contributed by atoms with Crippen LogP contribution in [0.2, 0.25) is 0 Å². The highest BCUT2D eigenvalue weighted by molar-refractivity contribution is 6.08. The summed E-state index contributed by atoms with van der Waals surface area (Å²) in [5, 5.41) is 0. The minimum Gasteiger partial charge on any atom is -0.467 e. The number of ketones is 1. The SMILES string of the molecule is COC(=O)C(C)N(C(=O)CC(C)=O)c1c(C)cccc1C. The molecular formula is C16H21NO4.